The lowest BCUT2D eigenvalue weighted by Crippen LogP contribution is -2.28. The monoisotopic (exact) mass is 168 g/mol. The molecule has 1 heteroatoms. The van der Waals surface area contributed by atoms with E-state index in [0.717, 1.165) is 12.8 Å². The SMILES string of the molecule is CCC1(CO)CCC(C)=C(C)C1. The van der Waals surface area contributed by atoms with Crippen molar-refractivity contribution in [1.82, 2.24) is 0 Å². The van der Waals surface area contributed by atoms with Crippen molar-refractivity contribution in [1.29, 1.82) is 0 Å². The van der Waals surface area contributed by atoms with Gasteiger partial charge in [0.05, 0.1) is 0 Å². The van der Waals surface area contributed by atoms with Crippen LogP contribution in [0.3, 0.4) is 0 Å². The molecule has 0 heterocycles. The second-order valence-electron chi connectivity index (χ2n) is 4.25. The van der Waals surface area contributed by atoms with E-state index >= 15 is 0 Å². The number of hydrogen-bond acceptors (Lipinski definition) is 1. The van der Waals surface area contributed by atoms with E-state index in [4.69, 9.17) is 0 Å². The molecule has 0 fully saturated rings. The molecule has 0 radical (unpaired) electrons. The van der Waals surface area contributed by atoms with Crippen molar-refractivity contribution in [3.8, 4) is 0 Å². The summed E-state index contributed by atoms with van der Waals surface area (Å²) in [5.41, 5.74) is 3.24. The highest BCUT2D eigenvalue weighted by Crippen LogP contribution is 2.41. The fourth-order valence-electron chi connectivity index (χ4n) is 2.02. The van der Waals surface area contributed by atoms with E-state index in [-0.39, 0.29) is 5.41 Å². The van der Waals surface area contributed by atoms with Gasteiger partial charge >= 0.3 is 0 Å². The smallest absolute Gasteiger partial charge is 0.0490 e. The first-order valence-electron chi connectivity index (χ1n) is 4.89. The maximum absolute atomic E-state index is 9.32. The molecule has 12 heavy (non-hydrogen) atoms. The molecule has 0 aromatic rings. The maximum atomic E-state index is 9.32. The second kappa shape index (κ2) is 3.61. The highest BCUT2D eigenvalue weighted by Gasteiger charge is 2.30. The molecule has 0 amide bonds. The first-order chi connectivity index (χ1) is 5.63. The number of hydrogen-bond donors (Lipinski definition) is 1. The zero-order valence-electron chi connectivity index (χ0n) is 8.48. The quantitative estimate of drug-likeness (QED) is 0.629. The van der Waals surface area contributed by atoms with E-state index in [9.17, 15) is 5.11 Å². The lowest BCUT2D eigenvalue weighted by molar-refractivity contribution is 0.104. The van der Waals surface area contributed by atoms with Gasteiger partial charge in [0.2, 0.25) is 0 Å². The lowest BCUT2D eigenvalue weighted by atomic mass is 9.71. The molecule has 0 aromatic heterocycles. The van der Waals surface area contributed by atoms with E-state index in [1.54, 1.807) is 0 Å². The van der Waals surface area contributed by atoms with Gasteiger partial charge in [-0.15, -0.1) is 0 Å². The van der Waals surface area contributed by atoms with Crippen molar-refractivity contribution in [3.05, 3.63) is 11.1 Å². The van der Waals surface area contributed by atoms with Gasteiger partial charge in [0, 0.05) is 6.61 Å². The van der Waals surface area contributed by atoms with Crippen LogP contribution in [0.2, 0.25) is 0 Å². The first-order valence-corrected chi connectivity index (χ1v) is 4.89. The van der Waals surface area contributed by atoms with Crippen LogP contribution in [0.1, 0.15) is 46.5 Å². The van der Waals surface area contributed by atoms with E-state index < -0.39 is 0 Å². The minimum Gasteiger partial charge on any atom is -0.396 e. The van der Waals surface area contributed by atoms with Crippen molar-refractivity contribution in [2.24, 2.45) is 5.41 Å². The Kier molecular flexibility index (Phi) is 2.94. The molecule has 0 saturated carbocycles. The summed E-state index contributed by atoms with van der Waals surface area (Å²) in [7, 11) is 0. The zero-order chi connectivity index (χ0) is 9.19. The van der Waals surface area contributed by atoms with Gasteiger partial charge in [0.15, 0.2) is 0 Å². The number of aliphatic hydroxyl groups excluding tert-OH is 1. The van der Waals surface area contributed by atoms with Crippen LogP contribution >= 0.6 is 0 Å². The summed E-state index contributed by atoms with van der Waals surface area (Å²) >= 11 is 0. The average molecular weight is 168 g/mol. The summed E-state index contributed by atoms with van der Waals surface area (Å²) in [6.45, 7) is 6.96. The molecule has 1 N–H and O–H groups in total. The van der Waals surface area contributed by atoms with Gasteiger partial charge in [-0.05, 0) is 44.9 Å². The lowest BCUT2D eigenvalue weighted by Gasteiger charge is -2.35. The molecule has 1 aliphatic rings. The maximum Gasteiger partial charge on any atom is 0.0490 e. The van der Waals surface area contributed by atoms with E-state index in [2.05, 4.69) is 20.8 Å². The molecule has 1 unspecified atom stereocenters. The van der Waals surface area contributed by atoms with Crippen molar-refractivity contribution >= 4 is 0 Å². The summed E-state index contributed by atoms with van der Waals surface area (Å²) in [4.78, 5) is 0. The van der Waals surface area contributed by atoms with Gasteiger partial charge in [0.1, 0.15) is 0 Å². The van der Waals surface area contributed by atoms with Crippen LogP contribution in [0.25, 0.3) is 0 Å². The zero-order valence-corrected chi connectivity index (χ0v) is 8.48. The minimum atomic E-state index is 0.212. The standard InChI is InChI=1S/C11H20O/c1-4-11(8-12)6-5-9(2)10(3)7-11/h12H,4-8H2,1-3H3. The highest BCUT2D eigenvalue weighted by atomic mass is 16.3. The van der Waals surface area contributed by atoms with Crippen LogP contribution in [-0.4, -0.2) is 11.7 Å². The number of aliphatic hydroxyl groups is 1. The van der Waals surface area contributed by atoms with Crippen molar-refractivity contribution in [2.45, 2.75) is 46.5 Å². The summed E-state index contributed by atoms with van der Waals surface area (Å²) in [6, 6.07) is 0. The van der Waals surface area contributed by atoms with Crippen LogP contribution in [0.15, 0.2) is 11.1 Å². The topological polar surface area (TPSA) is 20.2 Å². The Hall–Kier alpha value is -0.300. The van der Waals surface area contributed by atoms with Gasteiger partial charge in [0.25, 0.3) is 0 Å². The third-order valence-corrected chi connectivity index (χ3v) is 3.48. The van der Waals surface area contributed by atoms with Crippen molar-refractivity contribution in [3.63, 3.8) is 0 Å². The number of rotatable bonds is 2. The van der Waals surface area contributed by atoms with E-state index in [0.29, 0.717) is 6.61 Å². The predicted molar refractivity (Wildman–Crippen MR) is 52.0 cm³/mol. The van der Waals surface area contributed by atoms with Gasteiger partial charge in [-0.25, -0.2) is 0 Å². The Morgan fingerprint density at radius 2 is 2.00 bits per heavy atom. The molecule has 1 aliphatic carbocycles. The molecule has 0 bridgehead atoms. The van der Waals surface area contributed by atoms with Gasteiger partial charge < -0.3 is 5.11 Å². The number of allylic oxidation sites excluding steroid dienone is 2. The summed E-state index contributed by atoms with van der Waals surface area (Å²) in [6.07, 6.45) is 4.56. The fraction of sp³-hybridized carbons (Fsp3) is 0.818. The van der Waals surface area contributed by atoms with Crippen LogP contribution < -0.4 is 0 Å². The molecule has 0 saturated heterocycles. The van der Waals surface area contributed by atoms with Crippen molar-refractivity contribution in [2.75, 3.05) is 6.61 Å². The van der Waals surface area contributed by atoms with E-state index in [1.807, 2.05) is 0 Å². The van der Waals surface area contributed by atoms with E-state index in [1.165, 1.54) is 24.0 Å². The Labute approximate surface area is 75.5 Å². The van der Waals surface area contributed by atoms with Crippen LogP contribution in [-0.2, 0) is 0 Å². The van der Waals surface area contributed by atoms with Gasteiger partial charge in [-0.3, -0.25) is 0 Å². The first kappa shape index (κ1) is 9.79. The van der Waals surface area contributed by atoms with Crippen LogP contribution in [0.4, 0.5) is 0 Å². The normalized spacial score (nSPS) is 31.0. The molecule has 1 nitrogen and oxygen atoms in total. The molecule has 70 valence electrons. The fourth-order valence-corrected chi connectivity index (χ4v) is 2.02. The third-order valence-electron chi connectivity index (χ3n) is 3.48. The van der Waals surface area contributed by atoms with Gasteiger partial charge in [-0.1, -0.05) is 18.1 Å². The largest absolute Gasteiger partial charge is 0.396 e. The summed E-state index contributed by atoms with van der Waals surface area (Å²) in [5.74, 6) is 0. The highest BCUT2D eigenvalue weighted by molar-refractivity contribution is 5.16. The summed E-state index contributed by atoms with van der Waals surface area (Å²) < 4.78 is 0. The van der Waals surface area contributed by atoms with Crippen LogP contribution in [0.5, 0.6) is 0 Å². The molecule has 0 aliphatic heterocycles. The van der Waals surface area contributed by atoms with Gasteiger partial charge in [-0.2, -0.15) is 0 Å². The molecule has 1 atom stereocenters. The average Bonchev–Trinajstić information content (AvgIpc) is 2.10. The molecular weight excluding hydrogens is 148 g/mol. The minimum absolute atomic E-state index is 0.212. The molecule has 1 rings (SSSR count). The Morgan fingerprint density at radius 1 is 1.33 bits per heavy atom. The second-order valence-corrected chi connectivity index (χ2v) is 4.25. The summed E-state index contributed by atoms with van der Waals surface area (Å²) in [5, 5.41) is 9.32. The Bertz CT molecular complexity index is 187. The predicted octanol–water partition coefficient (Wildman–Crippen LogP) is 2.90. The molecular formula is C11H20O. The van der Waals surface area contributed by atoms with Crippen LogP contribution in [0, 0.1) is 5.41 Å². The van der Waals surface area contributed by atoms with Crippen molar-refractivity contribution < 1.29 is 5.11 Å². The molecule has 0 aromatic carbocycles. The Morgan fingerprint density at radius 3 is 2.42 bits per heavy atom. The Balaban J connectivity index is 2.75. The molecule has 0 spiro atoms. The third kappa shape index (κ3) is 1.71.